The third kappa shape index (κ3) is 3.29. The lowest BCUT2D eigenvalue weighted by atomic mass is 9.77. The number of hydrogen-bond donors (Lipinski definition) is 2. The summed E-state index contributed by atoms with van der Waals surface area (Å²) in [7, 11) is 2.06. The first kappa shape index (κ1) is 17.9. The molecule has 1 heterocycles. The van der Waals surface area contributed by atoms with Gasteiger partial charge in [0.25, 0.3) is 0 Å². The van der Waals surface area contributed by atoms with Crippen molar-refractivity contribution in [2.75, 3.05) is 20.1 Å². The number of likely N-dealkylation sites (N-methyl/N-ethyl adjacent to an activating group) is 1. The standard InChI is InChI=1S/C21H27FN2O/c1-21(2,3)14-6-7-15-16(10-14)19(11-23)24(4)12-17(15)13-5-8-20(25)18(22)9-13/h5-10,17,19,25H,11-12,23H2,1-4H3. The van der Waals surface area contributed by atoms with Gasteiger partial charge in [0.2, 0.25) is 0 Å². The molecule has 0 saturated heterocycles. The zero-order chi connectivity index (χ0) is 18.4. The van der Waals surface area contributed by atoms with Crippen molar-refractivity contribution >= 4 is 0 Å². The van der Waals surface area contributed by atoms with Crippen LogP contribution < -0.4 is 5.73 Å². The van der Waals surface area contributed by atoms with Crippen molar-refractivity contribution in [3.05, 3.63) is 64.5 Å². The van der Waals surface area contributed by atoms with E-state index in [4.69, 9.17) is 5.73 Å². The van der Waals surface area contributed by atoms with Crippen molar-refractivity contribution in [3.63, 3.8) is 0 Å². The van der Waals surface area contributed by atoms with Crippen LogP contribution in [0.15, 0.2) is 36.4 Å². The van der Waals surface area contributed by atoms with Crippen molar-refractivity contribution in [1.82, 2.24) is 4.90 Å². The zero-order valence-electron chi connectivity index (χ0n) is 15.4. The van der Waals surface area contributed by atoms with Crippen LogP contribution in [0.3, 0.4) is 0 Å². The van der Waals surface area contributed by atoms with E-state index in [1.165, 1.54) is 28.8 Å². The Balaban J connectivity index is 2.13. The molecule has 3 rings (SSSR count). The minimum Gasteiger partial charge on any atom is -0.505 e. The molecule has 2 aromatic carbocycles. The van der Waals surface area contributed by atoms with Gasteiger partial charge in [-0.2, -0.15) is 0 Å². The maximum absolute atomic E-state index is 13.9. The minimum atomic E-state index is -0.575. The van der Waals surface area contributed by atoms with Gasteiger partial charge in [-0.15, -0.1) is 0 Å². The van der Waals surface area contributed by atoms with Crippen LogP contribution in [0.25, 0.3) is 0 Å². The fraction of sp³-hybridized carbons (Fsp3) is 0.429. The van der Waals surface area contributed by atoms with Crippen LogP contribution in [0, 0.1) is 5.82 Å². The van der Waals surface area contributed by atoms with Crippen molar-refractivity contribution in [2.24, 2.45) is 5.73 Å². The molecule has 0 spiro atoms. The molecule has 3 N–H and O–H groups in total. The van der Waals surface area contributed by atoms with Gasteiger partial charge in [-0.1, -0.05) is 45.0 Å². The summed E-state index contributed by atoms with van der Waals surface area (Å²) >= 11 is 0. The molecule has 0 amide bonds. The van der Waals surface area contributed by atoms with E-state index in [2.05, 4.69) is 50.9 Å². The highest BCUT2D eigenvalue weighted by Gasteiger charge is 2.32. The second-order valence-corrected chi connectivity index (χ2v) is 8.05. The number of phenols is 1. The molecule has 25 heavy (non-hydrogen) atoms. The first-order valence-corrected chi connectivity index (χ1v) is 8.75. The molecule has 134 valence electrons. The zero-order valence-corrected chi connectivity index (χ0v) is 15.4. The molecule has 1 aliphatic heterocycles. The Morgan fingerprint density at radius 2 is 1.88 bits per heavy atom. The maximum atomic E-state index is 13.9. The molecule has 0 radical (unpaired) electrons. The predicted molar refractivity (Wildman–Crippen MR) is 99.5 cm³/mol. The Labute approximate surface area is 149 Å². The van der Waals surface area contributed by atoms with E-state index in [-0.39, 0.29) is 23.1 Å². The molecule has 0 saturated carbocycles. The highest BCUT2D eigenvalue weighted by atomic mass is 19.1. The Morgan fingerprint density at radius 3 is 2.48 bits per heavy atom. The quantitative estimate of drug-likeness (QED) is 0.870. The van der Waals surface area contributed by atoms with Crippen molar-refractivity contribution in [2.45, 2.75) is 38.1 Å². The van der Waals surface area contributed by atoms with Gasteiger partial charge in [0.05, 0.1) is 0 Å². The Hall–Kier alpha value is -1.91. The molecule has 1 aliphatic rings. The second kappa shape index (κ2) is 6.43. The van der Waals surface area contributed by atoms with E-state index in [1.54, 1.807) is 6.07 Å². The molecular formula is C21H27FN2O. The maximum Gasteiger partial charge on any atom is 0.165 e. The summed E-state index contributed by atoms with van der Waals surface area (Å²) in [5.74, 6) is -0.822. The molecular weight excluding hydrogens is 315 g/mol. The van der Waals surface area contributed by atoms with Crippen LogP contribution in [-0.4, -0.2) is 30.1 Å². The SMILES string of the molecule is CN1CC(c2ccc(O)c(F)c2)c2ccc(C(C)(C)C)cc2C1CN. The smallest absolute Gasteiger partial charge is 0.165 e. The van der Waals surface area contributed by atoms with E-state index in [9.17, 15) is 9.50 Å². The molecule has 2 aromatic rings. The highest BCUT2D eigenvalue weighted by Crippen LogP contribution is 2.40. The number of fused-ring (bicyclic) bond motifs is 1. The van der Waals surface area contributed by atoms with Crippen molar-refractivity contribution in [1.29, 1.82) is 0 Å². The van der Waals surface area contributed by atoms with Gasteiger partial charge in [-0.3, -0.25) is 4.90 Å². The van der Waals surface area contributed by atoms with Crippen LogP contribution in [0.4, 0.5) is 4.39 Å². The topological polar surface area (TPSA) is 49.5 Å². The summed E-state index contributed by atoms with van der Waals surface area (Å²) in [5.41, 5.74) is 10.7. The molecule has 0 aromatic heterocycles. The van der Waals surface area contributed by atoms with Gasteiger partial charge < -0.3 is 10.8 Å². The van der Waals surface area contributed by atoms with Crippen LogP contribution in [0.5, 0.6) is 5.75 Å². The molecule has 0 fully saturated rings. The summed E-state index contributed by atoms with van der Waals surface area (Å²) in [6.07, 6.45) is 0. The Morgan fingerprint density at radius 1 is 1.16 bits per heavy atom. The normalized spacial score (nSPS) is 21.2. The summed E-state index contributed by atoms with van der Waals surface area (Å²) in [4.78, 5) is 2.24. The summed E-state index contributed by atoms with van der Waals surface area (Å²) in [5, 5.41) is 9.49. The van der Waals surface area contributed by atoms with Gasteiger partial charge in [0.15, 0.2) is 11.6 Å². The first-order chi connectivity index (χ1) is 11.7. The monoisotopic (exact) mass is 342 g/mol. The number of hydrogen-bond acceptors (Lipinski definition) is 3. The molecule has 2 unspecified atom stereocenters. The second-order valence-electron chi connectivity index (χ2n) is 8.05. The Bertz CT molecular complexity index is 782. The highest BCUT2D eigenvalue weighted by molar-refractivity contribution is 5.46. The van der Waals surface area contributed by atoms with E-state index in [0.717, 1.165) is 12.1 Å². The molecule has 0 bridgehead atoms. The summed E-state index contributed by atoms with van der Waals surface area (Å²) in [6, 6.07) is 11.4. The fourth-order valence-corrected chi connectivity index (χ4v) is 3.73. The lowest BCUT2D eigenvalue weighted by molar-refractivity contribution is 0.223. The number of nitrogens with zero attached hydrogens (tertiary/aromatic N) is 1. The molecule has 3 nitrogen and oxygen atoms in total. The van der Waals surface area contributed by atoms with Gasteiger partial charge in [-0.05, 0) is 46.8 Å². The van der Waals surface area contributed by atoms with Crippen LogP contribution in [-0.2, 0) is 5.41 Å². The number of nitrogens with two attached hydrogens (primary N) is 1. The number of halogens is 1. The number of rotatable bonds is 2. The van der Waals surface area contributed by atoms with Crippen molar-refractivity contribution < 1.29 is 9.50 Å². The average Bonchev–Trinajstić information content (AvgIpc) is 2.55. The summed E-state index contributed by atoms with van der Waals surface area (Å²) in [6.45, 7) is 7.92. The van der Waals surface area contributed by atoms with Crippen LogP contribution in [0.2, 0.25) is 0 Å². The Kier molecular flexibility index (Phi) is 4.60. The first-order valence-electron chi connectivity index (χ1n) is 8.75. The molecule has 2 atom stereocenters. The minimum absolute atomic E-state index is 0.0599. The van der Waals surface area contributed by atoms with Gasteiger partial charge in [-0.25, -0.2) is 4.39 Å². The lowest BCUT2D eigenvalue weighted by Gasteiger charge is -2.40. The lowest BCUT2D eigenvalue weighted by Crippen LogP contribution is -2.39. The average molecular weight is 342 g/mol. The van der Waals surface area contributed by atoms with Gasteiger partial charge in [0.1, 0.15) is 0 Å². The number of phenolic OH excluding ortho intramolecular Hbond substituents is 1. The van der Waals surface area contributed by atoms with Gasteiger partial charge in [0, 0.05) is 25.0 Å². The summed E-state index contributed by atoms with van der Waals surface area (Å²) < 4.78 is 13.9. The molecule has 4 heteroatoms. The number of benzene rings is 2. The van der Waals surface area contributed by atoms with Crippen LogP contribution in [0.1, 0.15) is 55.0 Å². The van der Waals surface area contributed by atoms with Crippen molar-refractivity contribution in [3.8, 4) is 5.75 Å². The van der Waals surface area contributed by atoms with E-state index < -0.39 is 5.82 Å². The van der Waals surface area contributed by atoms with Gasteiger partial charge >= 0.3 is 0 Å². The van der Waals surface area contributed by atoms with Crippen LogP contribution >= 0.6 is 0 Å². The predicted octanol–water partition coefficient (Wildman–Crippen LogP) is 3.91. The third-order valence-corrected chi connectivity index (χ3v) is 5.29. The third-order valence-electron chi connectivity index (χ3n) is 5.29. The fourth-order valence-electron chi connectivity index (χ4n) is 3.73. The van der Waals surface area contributed by atoms with E-state index >= 15 is 0 Å². The van der Waals surface area contributed by atoms with E-state index in [1.807, 2.05) is 0 Å². The van der Waals surface area contributed by atoms with E-state index in [0.29, 0.717) is 6.54 Å². The number of aromatic hydroxyl groups is 1. The molecule has 0 aliphatic carbocycles. The largest absolute Gasteiger partial charge is 0.505 e.